The minimum Gasteiger partial charge on any atom is -0.352 e. The number of pyridine rings is 1. The molecular formula is C21H21ClF2N4O2. The number of hydrogen-bond acceptors (Lipinski definition) is 6. The molecule has 2 aliphatic heterocycles. The van der Waals surface area contributed by atoms with E-state index in [2.05, 4.69) is 10.3 Å². The molecule has 0 unspecified atom stereocenters. The summed E-state index contributed by atoms with van der Waals surface area (Å²) in [5.41, 5.74) is 0.372. The molecule has 0 saturated carbocycles. The molecule has 2 aliphatic rings. The summed E-state index contributed by atoms with van der Waals surface area (Å²) < 4.78 is 40.4. The number of nitrogens with one attached hydrogen (secondary N) is 1. The van der Waals surface area contributed by atoms with Crippen LogP contribution in [0.4, 0.5) is 14.6 Å². The Hall–Kier alpha value is -2.31. The van der Waals surface area contributed by atoms with Crippen molar-refractivity contribution in [2.45, 2.75) is 19.3 Å². The lowest BCUT2D eigenvalue weighted by Crippen LogP contribution is -2.61. The van der Waals surface area contributed by atoms with Crippen molar-refractivity contribution in [3.63, 3.8) is 0 Å². The Kier molecular flexibility index (Phi) is 6.16. The van der Waals surface area contributed by atoms with E-state index in [1.807, 2.05) is 6.07 Å². The number of ether oxygens (including phenoxy) is 2. The molecule has 0 atom stereocenters. The topological polar surface area (TPSA) is 70.4 Å². The quantitative estimate of drug-likeness (QED) is 0.752. The van der Waals surface area contributed by atoms with Gasteiger partial charge in [-0.25, -0.2) is 13.8 Å². The minimum atomic E-state index is -0.719. The van der Waals surface area contributed by atoms with Gasteiger partial charge in [0.2, 0.25) is 0 Å². The van der Waals surface area contributed by atoms with Gasteiger partial charge in [0.25, 0.3) is 0 Å². The van der Waals surface area contributed by atoms with Crippen LogP contribution in [0.15, 0.2) is 30.5 Å². The smallest absolute Gasteiger partial charge is 0.159 e. The maximum Gasteiger partial charge on any atom is 0.159 e. The van der Waals surface area contributed by atoms with Crippen LogP contribution in [0.2, 0.25) is 5.02 Å². The Labute approximate surface area is 178 Å². The second kappa shape index (κ2) is 8.82. The molecule has 2 aromatic rings. The number of benzene rings is 1. The maximum absolute atomic E-state index is 14.4. The van der Waals surface area contributed by atoms with Gasteiger partial charge < -0.3 is 19.7 Å². The number of rotatable bonds is 6. The molecule has 1 aromatic carbocycles. The monoisotopic (exact) mass is 434 g/mol. The van der Waals surface area contributed by atoms with E-state index < -0.39 is 17.9 Å². The summed E-state index contributed by atoms with van der Waals surface area (Å²) in [7, 11) is 0. The third-order valence-corrected chi connectivity index (χ3v) is 5.66. The van der Waals surface area contributed by atoms with Gasteiger partial charge in [-0.2, -0.15) is 5.26 Å². The number of nitriles is 1. The molecule has 3 heterocycles. The van der Waals surface area contributed by atoms with Crippen LogP contribution >= 0.6 is 11.6 Å². The maximum atomic E-state index is 14.4. The van der Waals surface area contributed by atoms with Gasteiger partial charge in [-0.05, 0) is 24.3 Å². The van der Waals surface area contributed by atoms with Crippen molar-refractivity contribution in [2.24, 2.45) is 5.41 Å². The molecule has 2 saturated heterocycles. The zero-order chi connectivity index (χ0) is 21.1. The van der Waals surface area contributed by atoms with Gasteiger partial charge in [-0.3, -0.25) is 0 Å². The van der Waals surface area contributed by atoms with E-state index in [0.717, 1.165) is 25.2 Å². The van der Waals surface area contributed by atoms with Crippen LogP contribution in [-0.2, 0) is 16.0 Å². The average molecular weight is 435 g/mol. The van der Waals surface area contributed by atoms with Crippen molar-refractivity contribution >= 4 is 17.4 Å². The molecule has 1 aromatic heterocycles. The van der Waals surface area contributed by atoms with Gasteiger partial charge >= 0.3 is 0 Å². The van der Waals surface area contributed by atoms with Crippen molar-refractivity contribution < 1.29 is 18.3 Å². The van der Waals surface area contributed by atoms with Crippen LogP contribution in [0, 0.1) is 28.4 Å². The van der Waals surface area contributed by atoms with E-state index in [-0.39, 0.29) is 22.5 Å². The summed E-state index contributed by atoms with van der Waals surface area (Å²) in [6, 6.07) is 7.45. The van der Waals surface area contributed by atoms with Gasteiger partial charge in [-0.1, -0.05) is 11.6 Å². The highest BCUT2D eigenvalue weighted by Gasteiger charge is 2.42. The summed E-state index contributed by atoms with van der Waals surface area (Å²) in [6.45, 7) is 3.37. The van der Waals surface area contributed by atoms with Crippen LogP contribution < -0.4 is 10.2 Å². The molecule has 0 radical (unpaired) electrons. The van der Waals surface area contributed by atoms with Crippen LogP contribution in [0.25, 0.3) is 0 Å². The fraction of sp³-hybridized carbons (Fsp3) is 0.429. The highest BCUT2D eigenvalue weighted by Crippen LogP contribution is 2.30. The second-order valence-corrected chi connectivity index (χ2v) is 8.17. The van der Waals surface area contributed by atoms with E-state index in [1.54, 1.807) is 17.0 Å². The molecule has 1 N–H and O–H groups in total. The predicted octanol–water partition coefficient (Wildman–Crippen LogP) is 3.24. The summed E-state index contributed by atoms with van der Waals surface area (Å²) in [6.07, 6.45) is 1.54. The molecule has 0 aliphatic carbocycles. The number of halogens is 3. The molecule has 4 rings (SSSR count). The van der Waals surface area contributed by atoms with Crippen molar-refractivity contribution in [1.82, 2.24) is 10.3 Å². The summed E-state index contributed by atoms with van der Waals surface area (Å²) in [5.74, 6) is -0.940. The molecule has 30 heavy (non-hydrogen) atoms. The van der Waals surface area contributed by atoms with Gasteiger partial charge in [0.05, 0.1) is 25.3 Å². The second-order valence-electron chi connectivity index (χ2n) is 7.73. The Morgan fingerprint density at radius 2 is 1.93 bits per heavy atom. The Bertz CT molecular complexity index is 914. The fourth-order valence-electron chi connectivity index (χ4n) is 3.57. The lowest BCUT2D eigenvalue weighted by molar-refractivity contribution is -0.239. The van der Waals surface area contributed by atoms with Gasteiger partial charge in [0.1, 0.15) is 23.5 Å². The predicted molar refractivity (Wildman–Crippen MR) is 107 cm³/mol. The third-order valence-electron chi connectivity index (χ3n) is 5.44. The van der Waals surface area contributed by atoms with E-state index in [0.29, 0.717) is 37.6 Å². The summed E-state index contributed by atoms with van der Waals surface area (Å²) in [5, 5.41) is 12.2. The number of anilines is 1. The lowest BCUT2D eigenvalue weighted by Gasteiger charge is -2.46. The van der Waals surface area contributed by atoms with Crippen LogP contribution in [0.1, 0.15) is 17.5 Å². The average Bonchev–Trinajstić information content (AvgIpc) is 2.72. The first-order valence-electron chi connectivity index (χ1n) is 9.66. The van der Waals surface area contributed by atoms with E-state index >= 15 is 0 Å². The van der Waals surface area contributed by atoms with Crippen molar-refractivity contribution in [3.05, 3.63) is 58.2 Å². The lowest BCUT2D eigenvalue weighted by atomic mass is 9.83. The standard InChI is InChI=1S/C21H21ClF2N4O2/c22-15-5-17(23)16(18(24)6-15)9-28(19-2-1-14(7-25)8-27-19)4-3-20-29-12-21(13-30-20)10-26-11-21/h1-2,5-6,8,20,26H,3-4,9-13H2. The Morgan fingerprint density at radius 3 is 2.47 bits per heavy atom. The van der Waals surface area contributed by atoms with E-state index in [9.17, 15) is 8.78 Å². The van der Waals surface area contributed by atoms with Crippen molar-refractivity contribution in [3.8, 4) is 6.07 Å². The third kappa shape index (κ3) is 4.55. The molecule has 158 valence electrons. The molecular weight excluding hydrogens is 414 g/mol. The zero-order valence-electron chi connectivity index (χ0n) is 16.2. The highest BCUT2D eigenvalue weighted by atomic mass is 35.5. The fourth-order valence-corrected chi connectivity index (χ4v) is 3.76. The van der Waals surface area contributed by atoms with Crippen molar-refractivity contribution in [1.29, 1.82) is 5.26 Å². The van der Waals surface area contributed by atoms with Crippen LogP contribution in [0.3, 0.4) is 0 Å². The molecule has 0 bridgehead atoms. The zero-order valence-corrected chi connectivity index (χ0v) is 17.0. The molecule has 0 amide bonds. The first-order valence-corrected chi connectivity index (χ1v) is 10.0. The largest absolute Gasteiger partial charge is 0.352 e. The van der Waals surface area contributed by atoms with Crippen LogP contribution in [0.5, 0.6) is 0 Å². The SMILES string of the molecule is N#Cc1ccc(N(CCC2OCC3(CNC3)CO2)Cc2c(F)cc(Cl)cc2F)nc1. The Balaban J connectivity index is 1.48. The number of aromatic nitrogens is 1. The van der Waals surface area contributed by atoms with Crippen molar-refractivity contribution in [2.75, 3.05) is 37.7 Å². The minimum absolute atomic E-state index is 0.000201. The Morgan fingerprint density at radius 1 is 1.23 bits per heavy atom. The van der Waals surface area contributed by atoms with Gasteiger partial charge in [0.15, 0.2) is 6.29 Å². The normalized spacial score (nSPS) is 18.1. The molecule has 9 heteroatoms. The van der Waals surface area contributed by atoms with E-state index in [4.69, 9.17) is 26.3 Å². The summed E-state index contributed by atoms with van der Waals surface area (Å²) in [4.78, 5) is 6.01. The summed E-state index contributed by atoms with van der Waals surface area (Å²) >= 11 is 5.74. The van der Waals surface area contributed by atoms with Crippen LogP contribution in [-0.4, -0.2) is 44.1 Å². The number of hydrogen-bond donors (Lipinski definition) is 1. The number of nitrogens with zero attached hydrogens (tertiary/aromatic N) is 3. The first-order chi connectivity index (χ1) is 14.5. The van der Waals surface area contributed by atoms with E-state index in [1.165, 1.54) is 6.20 Å². The van der Waals surface area contributed by atoms with Gasteiger partial charge in [0, 0.05) is 48.3 Å². The first kappa shape index (κ1) is 20.9. The highest BCUT2D eigenvalue weighted by molar-refractivity contribution is 6.30. The van der Waals surface area contributed by atoms with Gasteiger partial charge in [-0.15, -0.1) is 0 Å². The molecule has 2 fully saturated rings. The molecule has 6 nitrogen and oxygen atoms in total. The molecule has 1 spiro atoms.